The highest BCUT2D eigenvalue weighted by Crippen LogP contribution is 2.43. The van der Waals surface area contributed by atoms with Gasteiger partial charge in [-0.05, 0) is 89.9 Å². The van der Waals surface area contributed by atoms with Crippen molar-refractivity contribution >= 4 is 19.8 Å². The molecule has 0 amide bonds. The lowest BCUT2D eigenvalue weighted by atomic mass is 10.1. The molecule has 0 rings (SSSR count). The molecule has 3 N–H and O–H groups in total. The van der Waals surface area contributed by atoms with E-state index in [0.29, 0.717) is 12.8 Å². The van der Waals surface area contributed by atoms with Gasteiger partial charge in [-0.15, -0.1) is 0 Å². The summed E-state index contributed by atoms with van der Waals surface area (Å²) in [7, 11) is -4.64. The molecule has 0 fully saturated rings. The van der Waals surface area contributed by atoms with Gasteiger partial charge in [0.15, 0.2) is 6.10 Å². The minimum Gasteiger partial charge on any atom is -0.462 e. The van der Waals surface area contributed by atoms with Gasteiger partial charge in [-0.3, -0.25) is 18.6 Å². The molecule has 10 nitrogen and oxygen atoms in total. The molecule has 0 aliphatic rings. The first kappa shape index (κ1) is 55.9. The number of carbonyl (C=O) groups is 2. The Morgan fingerprint density at radius 2 is 0.881 bits per heavy atom. The number of unbranched alkanes of at least 4 members (excludes halogenated alkanes) is 10. The number of ether oxygens (including phenoxy) is 2. The maximum absolute atomic E-state index is 12.6. The summed E-state index contributed by atoms with van der Waals surface area (Å²) < 4.78 is 32.7. The first-order valence-corrected chi connectivity index (χ1v) is 23.7. The van der Waals surface area contributed by atoms with Crippen LogP contribution in [0.5, 0.6) is 0 Å². The molecule has 0 aromatic rings. The Kier molecular flexibility index (Phi) is 40.7. The van der Waals surface area contributed by atoms with E-state index in [1.165, 1.54) is 0 Å². The van der Waals surface area contributed by atoms with Crippen molar-refractivity contribution in [1.82, 2.24) is 0 Å². The summed E-state index contributed by atoms with van der Waals surface area (Å²) in [4.78, 5) is 35.0. The van der Waals surface area contributed by atoms with Crippen LogP contribution in [0.15, 0.2) is 97.2 Å². The van der Waals surface area contributed by atoms with Gasteiger partial charge in [0.1, 0.15) is 12.7 Å². The summed E-state index contributed by atoms with van der Waals surface area (Å²) in [5.74, 6) is -0.979. The fourth-order valence-corrected chi connectivity index (χ4v) is 6.18. The Hall–Kier alpha value is -3.11. The van der Waals surface area contributed by atoms with Crippen LogP contribution in [0.4, 0.5) is 0 Å². The molecule has 3 atom stereocenters. The smallest absolute Gasteiger partial charge is 0.462 e. The zero-order valence-corrected chi connectivity index (χ0v) is 37.3. The van der Waals surface area contributed by atoms with E-state index < -0.39 is 51.8 Å². The molecule has 11 heteroatoms. The molecule has 3 unspecified atom stereocenters. The van der Waals surface area contributed by atoms with Gasteiger partial charge >= 0.3 is 19.8 Å². The molecule has 336 valence electrons. The number of aliphatic hydroxyl groups excluding tert-OH is 2. The Morgan fingerprint density at radius 1 is 0.508 bits per heavy atom. The third kappa shape index (κ3) is 42.8. The quantitative estimate of drug-likeness (QED) is 0.0235. The van der Waals surface area contributed by atoms with Gasteiger partial charge < -0.3 is 24.6 Å². The number of carbonyl (C=O) groups excluding carboxylic acids is 2. The Labute approximate surface area is 357 Å². The molecule has 0 aliphatic heterocycles. The fourth-order valence-electron chi connectivity index (χ4n) is 5.39. The highest BCUT2D eigenvalue weighted by atomic mass is 31.2. The third-order valence-corrected chi connectivity index (χ3v) is 9.68. The van der Waals surface area contributed by atoms with E-state index in [2.05, 4.69) is 116 Å². The normalized spacial score (nSPS) is 14.7. The zero-order chi connectivity index (χ0) is 43.3. The summed E-state index contributed by atoms with van der Waals surface area (Å²) in [5, 5.41) is 18.4. The number of phosphoric ester groups is 1. The highest BCUT2D eigenvalue weighted by molar-refractivity contribution is 7.47. The van der Waals surface area contributed by atoms with Crippen LogP contribution < -0.4 is 0 Å². The molecule has 0 radical (unpaired) electrons. The van der Waals surface area contributed by atoms with Crippen molar-refractivity contribution in [3.63, 3.8) is 0 Å². The number of hydrogen-bond donors (Lipinski definition) is 3. The lowest BCUT2D eigenvalue weighted by Crippen LogP contribution is -2.29. The van der Waals surface area contributed by atoms with Crippen LogP contribution in [0.2, 0.25) is 0 Å². The highest BCUT2D eigenvalue weighted by Gasteiger charge is 2.27. The maximum atomic E-state index is 12.6. The molecule has 59 heavy (non-hydrogen) atoms. The molecule has 0 bridgehead atoms. The summed E-state index contributed by atoms with van der Waals surface area (Å²) in [6.07, 6.45) is 52.2. The summed E-state index contributed by atoms with van der Waals surface area (Å²) in [6, 6.07) is 0. The van der Waals surface area contributed by atoms with E-state index in [1.54, 1.807) is 0 Å². The monoisotopic (exact) mass is 847 g/mol. The van der Waals surface area contributed by atoms with Crippen molar-refractivity contribution in [2.24, 2.45) is 0 Å². The standard InChI is InChI=1S/C48H79O10P/c1-3-5-7-9-11-13-15-17-19-21-22-24-26-28-30-32-34-36-38-40-48(52)58-46(44-57-59(53,54)56-42-45(50)41-49)43-55-47(51)39-37-35-33-31-29-27-25-23-20-18-16-14-12-10-8-6-4-2/h5-8,11-14,17-20,22,24-25,27,45-46,49-50H,3-4,9-10,15-16,21,23,26,28-44H2,1-2H3,(H,53,54)/b7-5-,8-6-,13-11-,14-12-,19-17-,20-18-,24-22-,27-25-. The molecule has 0 aromatic heterocycles. The molecular weight excluding hydrogens is 767 g/mol. The number of esters is 2. The second kappa shape index (κ2) is 43.0. The van der Waals surface area contributed by atoms with Crippen molar-refractivity contribution < 1.29 is 47.8 Å². The predicted molar refractivity (Wildman–Crippen MR) is 242 cm³/mol. The Morgan fingerprint density at radius 3 is 1.32 bits per heavy atom. The average Bonchev–Trinajstić information content (AvgIpc) is 3.22. The van der Waals surface area contributed by atoms with Crippen LogP contribution in [0.3, 0.4) is 0 Å². The van der Waals surface area contributed by atoms with E-state index in [0.717, 1.165) is 116 Å². The lowest BCUT2D eigenvalue weighted by molar-refractivity contribution is -0.161. The lowest BCUT2D eigenvalue weighted by Gasteiger charge is -2.20. The molecule has 0 heterocycles. The van der Waals surface area contributed by atoms with E-state index in [4.69, 9.17) is 19.1 Å². The van der Waals surface area contributed by atoms with E-state index in [1.807, 2.05) is 0 Å². The number of rotatable bonds is 40. The first-order chi connectivity index (χ1) is 28.7. The summed E-state index contributed by atoms with van der Waals surface area (Å²) >= 11 is 0. The van der Waals surface area contributed by atoms with Gasteiger partial charge in [-0.25, -0.2) is 4.57 Å². The van der Waals surface area contributed by atoms with Crippen molar-refractivity contribution in [3.05, 3.63) is 97.2 Å². The van der Waals surface area contributed by atoms with Crippen LogP contribution in [-0.4, -0.2) is 65.7 Å². The number of allylic oxidation sites excluding steroid dienone is 16. The first-order valence-electron chi connectivity index (χ1n) is 22.2. The largest absolute Gasteiger partial charge is 0.472 e. The van der Waals surface area contributed by atoms with Gasteiger partial charge in [-0.2, -0.15) is 0 Å². The Balaban J connectivity index is 4.37. The fraction of sp³-hybridized carbons (Fsp3) is 0.625. The third-order valence-electron chi connectivity index (χ3n) is 8.73. The van der Waals surface area contributed by atoms with E-state index in [-0.39, 0.29) is 19.4 Å². The van der Waals surface area contributed by atoms with E-state index in [9.17, 15) is 24.2 Å². The number of phosphoric acid groups is 1. The summed E-state index contributed by atoms with van der Waals surface area (Å²) in [5.41, 5.74) is 0. The van der Waals surface area contributed by atoms with Crippen LogP contribution in [0.25, 0.3) is 0 Å². The second-order valence-electron chi connectivity index (χ2n) is 14.3. The minimum absolute atomic E-state index is 0.156. The molecular formula is C48H79O10P. The summed E-state index contributed by atoms with van der Waals surface area (Å²) in [6.45, 7) is 2.09. The van der Waals surface area contributed by atoms with Crippen LogP contribution in [0, 0.1) is 0 Å². The van der Waals surface area contributed by atoms with Crippen LogP contribution >= 0.6 is 7.82 Å². The van der Waals surface area contributed by atoms with Gasteiger partial charge in [0.25, 0.3) is 0 Å². The SMILES string of the molecule is CC/C=C\C/C=C\C/C=C\C/C=C\CCCCCCCCC(=O)OC(COC(=O)CCCCCC/C=C\C/C=C\C/C=C\C/C=C\CC)COP(=O)(O)OCC(O)CO. The number of aliphatic hydroxyl groups is 2. The molecule has 0 saturated heterocycles. The molecule has 0 aliphatic carbocycles. The average molecular weight is 847 g/mol. The maximum Gasteiger partial charge on any atom is 0.472 e. The van der Waals surface area contributed by atoms with Crippen LogP contribution in [0.1, 0.15) is 155 Å². The van der Waals surface area contributed by atoms with E-state index >= 15 is 0 Å². The van der Waals surface area contributed by atoms with Gasteiger partial charge in [0.2, 0.25) is 0 Å². The van der Waals surface area contributed by atoms with Crippen molar-refractivity contribution in [2.45, 2.75) is 167 Å². The van der Waals surface area contributed by atoms with Crippen molar-refractivity contribution in [1.29, 1.82) is 0 Å². The Bertz CT molecular complexity index is 1300. The van der Waals surface area contributed by atoms with Gasteiger partial charge in [-0.1, -0.05) is 150 Å². The van der Waals surface area contributed by atoms with Crippen molar-refractivity contribution in [3.8, 4) is 0 Å². The predicted octanol–water partition coefficient (Wildman–Crippen LogP) is 12.0. The molecule has 0 aromatic carbocycles. The topological polar surface area (TPSA) is 149 Å². The van der Waals surface area contributed by atoms with Crippen molar-refractivity contribution in [2.75, 3.05) is 26.4 Å². The second-order valence-corrected chi connectivity index (χ2v) is 15.8. The molecule has 0 saturated carbocycles. The van der Waals surface area contributed by atoms with Crippen LogP contribution in [-0.2, 0) is 32.7 Å². The van der Waals surface area contributed by atoms with Gasteiger partial charge in [0, 0.05) is 12.8 Å². The minimum atomic E-state index is -4.64. The molecule has 0 spiro atoms. The van der Waals surface area contributed by atoms with Gasteiger partial charge in [0.05, 0.1) is 19.8 Å². The zero-order valence-electron chi connectivity index (χ0n) is 36.4. The number of hydrogen-bond acceptors (Lipinski definition) is 9.